The Morgan fingerprint density at radius 2 is 1.69 bits per heavy atom. The van der Waals surface area contributed by atoms with E-state index < -0.39 is 0 Å². The van der Waals surface area contributed by atoms with Gasteiger partial charge in [-0.2, -0.15) is 5.10 Å². The first-order chi connectivity index (χ1) is 17.2. The maximum Gasteiger partial charge on any atom is 0.274 e. The molecular formula is C26H27FN4O3S. The van der Waals surface area contributed by atoms with E-state index in [2.05, 4.69) is 17.0 Å². The van der Waals surface area contributed by atoms with E-state index in [-0.39, 0.29) is 11.7 Å². The van der Waals surface area contributed by atoms with Crippen molar-refractivity contribution >= 4 is 17.7 Å². The van der Waals surface area contributed by atoms with Gasteiger partial charge in [-0.1, -0.05) is 12.1 Å². The van der Waals surface area contributed by atoms with Crippen molar-refractivity contribution in [1.29, 1.82) is 0 Å². The van der Waals surface area contributed by atoms with Gasteiger partial charge in [0.2, 0.25) is 0 Å². The van der Waals surface area contributed by atoms with Gasteiger partial charge < -0.3 is 14.4 Å². The molecule has 1 aromatic heterocycles. The summed E-state index contributed by atoms with van der Waals surface area (Å²) >= 11 is 1.62. The minimum atomic E-state index is -0.299. The number of carbonyl (C=O) groups is 1. The van der Waals surface area contributed by atoms with Crippen LogP contribution in [0.1, 0.15) is 21.6 Å². The number of halogens is 1. The summed E-state index contributed by atoms with van der Waals surface area (Å²) in [7, 11) is 0. The van der Waals surface area contributed by atoms with Crippen LogP contribution in [-0.4, -0.2) is 78.1 Å². The number of hydrogen-bond acceptors (Lipinski definition) is 6. The molecule has 0 aliphatic carbocycles. The second-order valence-electron chi connectivity index (χ2n) is 8.98. The third-order valence-electron chi connectivity index (χ3n) is 6.74. The molecule has 2 aromatic carbocycles. The van der Waals surface area contributed by atoms with E-state index in [1.165, 1.54) is 11.6 Å². The van der Waals surface area contributed by atoms with Crippen LogP contribution in [0.25, 0.3) is 16.9 Å². The van der Waals surface area contributed by atoms with Gasteiger partial charge in [0.25, 0.3) is 5.91 Å². The van der Waals surface area contributed by atoms with Gasteiger partial charge in [-0.3, -0.25) is 9.69 Å². The molecule has 4 heterocycles. The third kappa shape index (κ3) is 4.49. The highest BCUT2D eigenvalue weighted by Crippen LogP contribution is 2.44. The van der Waals surface area contributed by atoms with Crippen molar-refractivity contribution in [1.82, 2.24) is 19.6 Å². The fourth-order valence-corrected chi connectivity index (χ4v) is 5.91. The molecule has 3 aliphatic heterocycles. The molecule has 0 bridgehead atoms. The Bertz CT molecular complexity index is 1230. The van der Waals surface area contributed by atoms with E-state index in [0.29, 0.717) is 37.8 Å². The molecule has 0 N–H and O–H groups in total. The first-order valence-corrected chi connectivity index (χ1v) is 13.0. The van der Waals surface area contributed by atoms with Crippen LogP contribution in [0, 0.1) is 5.82 Å². The second-order valence-corrected chi connectivity index (χ2v) is 9.99. The lowest BCUT2D eigenvalue weighted by Crippen LogP contribution is -2.41. The molecule has 0 saturated carbocycles. The number of amides is 1. The van der Waals surface area contributed by atoms with Gasteiger partial charge in [0.15, 0.2) is 5.69 Å². The average Bonchev–Trinajstić information content (AvgIpc) is 3.30. The topological polar surface area (TPSA) is 59.8 Å². The summed E-state index contributed by atoms with van der Waals surface area (Å²) in [5.74, 6) is 0.230. The molecule has 2 fully saturated rings. The molecule has 0 spiro atoms. The van der Waals surface area contributed by atoms with Gasteiger partial charge in [-0.25, -0.2) is 9.07 Å². The number of fused-ring (bicyclic) bond motifs is 3. The highest BCUT2D eigenvalue weighted by atomic mass is 32.2. The fraction of sp³-hybridized carbons (Fsp3) is 0.385. The Balaban J connectivity index is 1.39. The lowest BCUT2D eigenvalue weighted by Gasteiger charge is -2.26. The SMILES string of the molecule is O=C(c1nn(-c2ccc(CN3CCOCC3)cc2)c2c1CSc1ccc(F)cc1-2)N1CCOCC1. The second kappa shape index (κ2) is 9.73. The van der Waals surface area contributed by atoms with Crippen molar-refractivity contribution in [2.75, 3.05) is 52.6 Å². The van der Waals surface area contributed by atoms with Gasteiger partial charge in [-0.15, -0.1) is 11.8 Å². The van der Waals surface area contributed by atoms with E-state index in [9.17, 15) is 9.18 Å². The molecule has 1 amide bonds. The number of hydrogen-bond donors (Lipinski definition) is 0. The molecule has 2 saturated heterocycles. The minimum Gasteiger partial charge on any atom is -0.379 e. The zero-order valence-electron chi connectivity index (χ0n) is 19.4. The Morgan fingerprint density at radius 3 is 2.43 bits per heavy atom. The van der Waals surface area contributed by atoms with Crippen molar-refractivity contribution in [2.24, 2.45) is 0 Å². The standard InChI is InChI=1S/C26H27FN4O3S/c27-19-3-6-23-21(15-19)25-22(17-35-23)24(26(32)30-9-13-34-14-10-30)28-31(25)20-4-1-18(2-5-20)16-29-7-11-33-12-8-29/h1-6,15H,7-14,16-17H2. The van der Waals surface area contributed by atoms with Crippen LogP contribution in [0.5, 0.6) is 0 Å². The van der Waals surface area contributed by atoms with Gasteiger partial charge >= 0.3 is 0 Å². The lowest BCUT2D eigenvalue weighted by atomic mass is 10.0. The summed E-state index contributed by atoms with van der Waals surface area (Å²) in [4.78, 5) is 18.6. The van der Waals surface area contributed by atoms with Crippen LogP contribution in [0.4, 0.5) is 4.39 Å². The van der Waals surface area contributed by atoms with Gasteiger partial charge in [-0.05, 0) is 35.9 Å². The first-order valence-electron chi connectivity index (χ1n) is 12.0. The summed E-state index contributed by atoms with van der Waals surface area (Å²) in [5.41, 5.74) is 4.96. The van der Waals surface area contributed by atoms with Crippen LogP contribution in [0.2, 0.25) is 0 Å². The molecule has 7 nitrogen and oxygen atoms in total. The number of benzene rings is 2. The van der Waals surface area contributed by atoms with Gasteiger partial charge in [0.05, 0.1) is 37.8 Å². The monoisotopic (exact) mass is 494 g/mol. The molecule has 6 rings (SSSR count). The van der Waals surface area contributed by atoms with Crippen molar-refractivity contribution < 1.29 is 18.7 Å². The zero-order chi connectivity index (χ0) is 23.8. The zero-order valence-corrected chi connectivity index (χ0v) is 20.2. The first kappa shape index (κ1) is 22.7. The molecular weight excluding hydrogens is 467 g/mol. The molecule has 0 unspecified atom stereocenters. The molecule has 3 aromatic rings. The molecule has 3 aliphatic rings. The number of nitrogens with zero attached hydrogens (tertiary/aromatic N) is 4. The molecule has 9 heteroatoms. The summed E-state index contributed by atoms with van der Waals surface area (Å²) in [5, 5.41) is 4.83. The maximum absolute atomic E-state index is 14.3. The van der Waals surface area contributed by atoms with Crippen LogP contribution >= 0.6 is 11.8 Å². The Kier molecular flexibility index (Phi) is 6.32. The van der Waals surface area contributed by atoms with Gasteiger partial charge in [0.1, 0.15) is 5.82 Å². The van der Waals surface area contributed by atoms with Crippen LogP contribution in [0.3, 0.4) is 0 Å². The Labute approximate surface area is 207 Å². The van der Waals surface area contributed by atoms with Crippen molar-refractivity contribution in [3.8, 4) is 16.9 Å². The highest BCUT2D eigenvalue weighted by Gasteiger charge is 2.32. The van der Waals surface area contributed by atoms with E-state index >= 15 is 0 Å². The van der Waals surface area contributed by atoms with Gasteiger partial charge in [0, 0.05) is 54.5 Å². The molecule has 0 radical (unpaired) electrons. The maximum atomic E-state index is 14.3. The third-order valence-corrected chi connectivity index (χ3v) is 7.84. The van der Waals surface area contributed by atoms with E-state index in [4.69, 9.17) is 14.6 Å². The number of aromatic nitrogens is 2. The number of morpholine rings is 2. The normalized spacial score (nSPS) is 18.3. The number of carbonyl (C=O) groups excluding carboxylic acids is 1. The quantitative estimate of drug-likeness (QED) is 0.553. The van der Waals surface area contributed by atoms with E-state index in [1.54, 1.807) is 22.7 Å². The predicted molar refractivity (Wildman–Crippen MR) is 131 cm³/mol. The number of rotatable bonds is 4. The fourth-order valence-electron chi connectivity index (χ4n) is 4.86. The average molecular weight is 495 g/mol. The lowest BCUT2D eigenvalue weighted by molar-refractivity contribution is 0.0298. The number of ether oxygens (including phenoxy) is 2. The largest absolute Gasteiger partial charge is 0.379 e. The molecule has 0 atom stereocenters. The Morgan fingerprint density at radius 1 is 0.971 bits per heavy atom. The Hall–Kier alpha value is -2.72. The van der Waals surface area contributed by atoms with Crippen molar-refractivity contribution in [3.05, 3.63) is 65.1 Å². The smallest absolute Gasteiger partial charge is 0.274 e. The van der Waals surface area contributed by atoms with Crippen LogP contribution < -0.4 is 0 Å². The number of thioether (sulfide) groups is 1. The summed E-state index contributed by atoms with van der Waals surface area (Å²) in [6.07, 6.45) is 0. The molecule has 35 heavy (non-hydrogen) atoms. The van der Waals surface area contributed by atoms with Crippen molar-refractivity contribution in [2.45, 2.75) is 17.2 Å². The van der Waals surface area contributed by atoms with Crippen molar-refractivity contribution in [3.63, 3.8) is 0 Å². The van der Waals surface area contributed by atoms with E-state index in [1.807, 2.05) is 22.9 Å². The minimum absolute atomic E-state index is 0.0901. The van der Waals surface area contributed by atoms with E-state index in [0.717, 1.165) is 60.3 Å². The highest BCUT2D eigenvalue weighted by molar-refractivity contribution is 7.98. The predicted octanol–water partition coefficient (Wildman–Crippen LogP) is 3.59. The molecule has 182 valence electrons. The summed E-state index contributed by atoms with van der Waals surface area (Å²) in [6.45, 7) is 6.43. The summed E-state index contributed by atoms with van der Waals surface area (Å²) < 4.78 is 27.0. The summed E-state index contributed by atoms with van der Waals surface area (Å²) in [6, 6.07) is 13.1. The van der Waals surface area contributed by atoms with Crippen LogP contribution in [0.15, 0.2) is 47.4 Å². The van der Waals surface area contributed by atoms with Crippen LogP contribution in [-0.2, 0) is 21.8 Å².